The highest BCUT2D eigenvalue weighted by atomic mass is 32.1. The zero-order chi connectivity index (χ0) is 17.9. The molecule has 0 radical (unpaired) electrons. The molecule has 26 heavy (non-hydrogen) atoms. The molecule has 4 aromatic rings. The third-order valence-corrected chi connectivity index (χ3v) is 5.39. The first kappa shape index (κ1) is 16.6. The number of thiophene rings is 1. The molecule has 0 aliphatic heterocycles. The fraction of sp³-hybridized carbons (Fsp3) is 0.111. The van der Waals surface area contributed by atoms with E-state index in [-0.39, 0.29) is 18.2 Å². The molecule has 0 spiro atoms. The molecule has 0 bridgehead atoms. The van der Waals surface area contributed by atoms with E-state index in [1.54, 1.807) is 16.7 Å². The van der Waals surface area contributed by atoms with Crippen LogP contribution in [0.5, 0.6) is 0 Å². The third kappa shape index (κ3) is 3.56. The molecule has 0 saturated carbocycles. The van der Waals surface area contributed by atoms with E-state index in [9.17, 15) is 4.79 Å². The van der Waals surface area contributed by atoms with Crippen molar-refractivity contribution in [3.63, 3.8) is 0 Å². The second-order valence-corrected chi connectivity index (χ2v) is 7.27. The quantitative estimate of drug-likeness (QED) is 0.469. The van der Waals surface area contributed by atoms with Crippen LogP contribution >= 0.6 is 22.7 Å². The van der Waals surface area contributed by atoms with Gasteiger partial charge in [-0.3, -0.25) is 0 Å². The van der Waals surface area contributed by atoms with Crippen LogP contribution < -0.4 is 0 Å². The Bertz CT molecular complexity index is 1040. The maximum Gasteiger partial charge on any atom is 0.358 e. The maximum atomic E-state index is 12.2. The first-order valence-corrected chi connectivity index (χ1v) is 9.51. The van der Waals surface area contributed by atoms with Gasteiger partial charge in [-0.2, -0.15) is 0 Å². The minimum absolute atomic E-state index is 0.0937. The van der Waals surface area contributed by atoms with E-state index in [0.717, 1.165) is 21.0 Å². The van der Waals surface area contributed by atoms with Crippen molar-refractivity contribution in [2.75, 3.05) is 0 Å². The van der Waals surface area contributed by atoms with Crippen LogP contribution in [0.15, 0.2) is 51.6 Å². The van der Waals surface area contributed by atoms with E-state index in [4.69, 9.17) is 9.15 Å². The normalized spacial score (nSPS) is 10.8. The molecule has 3 aromatic heterocycles. The molecule has 0 aliphatic carbocycles. The van der Waals surface area contributed by atoms with Gasteiger partial charge in [-0.1, -0.05) is 23.8 Å². The average molecular weight is 383 g/mol. The first-order valence-electron chi connectivity index (χ1n) is 7.75. The van der Waals surface area contributed by atoms with E-state index < -0.39 is 5.97 Å². The Labute approximate surface area is 157 Å². The molecule has 130 valence electrons. The zero-order valence-electron chi connectivity index (χ0n) is 13.7. The fourth-order valence-electron chi connectivity index (χ4n) is 2.29. The van der Waals surface area contributed by atoms with Crippen molar-refractivity contribution in [1.82, 2.24) is 15.2 Å². The molecule has 0 fully saturated rings. The van der Waals surface area contributed by atoms with Gasteiger partial charge in [0, 0.05) is 10.9 Å². The van der Waals surface area contributed by atoms with Crippen molar-refractivity contribution in [1.29, 1.82) is 0 Å². The van der Waals surface area contributed by atoms with Crippen LogP contribution in [0, 0.1) is 6.92 Å². The largest absolute Gasteiger partial charge is 0.451 e. The number of thiazole rings is 1. The highest BCUT2D eigenvalue weighted by Gasteiger charge is 2.16. The Morgan fingerprint density at radius 3 is 2.92 bits per heavy atom. The average Bonchev–Trinajstić information content (AvgIpc) is 3.40. The van der Waals surface area contributed by atoms with E-state index >= 15 is 0 Å². The van der Waals surface area contributed by atoms with Gasteiger partial charge in [-0.05, 0) is 30.5 Å². The van der Waals surface area contributed by atoms with Crippen molar-refractivity contribution in [2.24, 2.45) is 0 Å². The smallest absolute Gasteiger partial charge is 0.358 e. The van der Waals surface area contributed by atoms with Crippen molar-refractivity contribution in [2.45, 2.75) is 13.5 Å². The Kier molecular flexibility index (Phi) is 4.59. The van der Waals surface area contributed by atoms with Crippen molar-refractivity contribution in [3.8, 4) is 21.3 Å². The summed E-state index contributed by atoms with van der Waals surface area (Å²) in [7, 11) is 0. The van der Waals surface area contributed by atoms with Crippen molar-refractivity contribution in [3.05, 3.63) is 64.3 Å². The van der Waals surface area contributed by atoms with Crippen LogP contribution in [-0.4, -0.2) is 21.2 Å². The van der Waals surface area contributed by atoms with Crippen LogP contribution in [0.1, 0.15) is 21.9 Å². The molecule has 3 heterocycles. The molecule has 0 unspecified atom stereocenters. The minimum atomic E-state index is -0.514. The summed E-state index contributed by atoms with van der Waals surface area (Å²) >= 11 is 2.98. The second-order valence-electron chi connectivity index (χ2n) is 5.46. The van der Waals surface area contributed by atoms with Crippen LogP contribution in [0.2, 0.25) is 0 Å². The fourth-order valence-corrected chi connectivity index (χ4v) is 3.89. The number of rotatable bonds is 5. The summed E-state index contributed by atoms with van der Waals surface area (Å²) in [6, 6.07) is 11.6. The van der Waals surface area contributed by atoms with Crippen LogP contribution in [0.4, 0.5) is 0 Å². The number of ether oxygens (including phenoxy) is 1. The molecule has 1 aromatic carbocycles. The van der Waals surface area contributed by atoms with Gasteiger partial charge in [0.25, 0.3) is 5.89 Å². The van der Waals surface area contributed by atoms with Gasteiger partial charge >= 0.3 is 5.97 Å². The summed E-state index contributed by atoms with van der Waals surface area (Å²) in [6.07, 6.45) is 0. The zero-order valence-corrected chi connectivity index (χ0v) is 15.3. The lowest BCUT2D eigenvalue weighted by atomic mass is 10.1. The number of esters is 1. The number of hydrogen-bond acceptors (Lipinski definition) is 8. The number of nitrogens with zero attached hydrogens (tertiary/aromatic N) is 3. The second kappa shape index (κ2) is 7.19. The lowest BCUT2D eigenvalue weighted by Gasteiger charge is -1.99. The standard InChI is InChI=1S/C18H13N3O3S2/c1-11-4-2-5-12(8-11)16-21-20-15(24-16)9-23-18(22)13-10-26-17(19-13)14-6-3-7-25-14/h2-8,10H,9H2,1H3. The minimum Gasteiger partial charge on any atom is -0.451 e. The van der Waals surface area contributed by atoms with Gasteiger partial charge in [-0.25, -0.2) is 9.78 Å². The number of carbonyl (C=O) groups is 1. The van der Waals surface area contributed by atoms with Gasteiger partial charge in [-0.15, -0.1) is 32.9 Å². The summed E-state index contributed by atoms with van der Waals surface area (Å²) in [5.74, 6) is 0.122. The van der Waals surface area contributed by atoms with E-state index in [1.807, 2.05) is 48.7 Å². The first-order chi connectivity index (χ1) is 12.7. The molecule has 8 heteroatoms. The van der Waals surface area contributed by atoms with Crippen molar-refractivity contribution < 1.29 is 13.9 Å². The van der Waals surface area contributed by atoms with Gasteiger partial charge in [0.05, 0.1) is 4.88 Å². The monoisotopic (exact) mass is 383 g/mol. The Balaban J connectivity index is 1.41. The summed E-state index contributed by atoms with van der Waals surface area (Å²) < 4.78 is 10.8. The molecule has 6 nitrogen and oxygen atoms in total. The molecule has 0 atom stereocenters. The van der Waals surface area contributed by atoms with Crippen LogP contribution in [0.3, 0.4) is 0 Å². The number of benzene rings is 1. The Morgan fingerprint density at radius 1 is 1.19 bits per heavy atom. The molecule has 0 N–H and O–H groups in total. The van der Waals surface area contributed by atoms with E-state index in [1.165, 1.54) is 11.3 Å². The van der Waals surface area contributed by atoms with E-state index in [0.29, 0.717) is 5.89 Å². The summed E-state index contributed by atoms with van der Waals surface area (Å²) in [5.41, 5.74) is 2.20. The van der Waals surface area contributed by atoms with Gasteiger partial charge < -0.3 is 9.15 Å². The molecule has 0 aliphatic rings. The van der Waals surface area contributed by atoms with Crippen LogP contribution in [-0.2, 0) is 11.3 Å². The molecular weight excluding hydrogens is 370 g/mol. The predicted molar refractivity (Wildman–Crippen MR) is 99.0 cm³/mol. The Morgan fingerprint density at radius 2 is 2.12 bits per heavy atom. The number of aromatic nitrogens is 3. The predicted octanol–water partition coefficient (Wildman–Crippen LogP) is 4.59. The summed E-state index contributed by atoms with van der Waals surface area (Å²) in [4.78, 5) is 17.5. The van der Waals surface area contributed by atoms with Gasteiger partial charge in [0.15, 0.2) is 12.3 Å². The van der Waals surface area contributed by atoms with Crippen LogP contribution in [0.25, 0.3) is 21.3 Å². The summed E-state index contributed by atoms with van der Waals surface area (Å²) in [5, 5.41) is 12.4. The molecule has 0 amide bonds. The van der Waals surface area contributed by atoms with E-state index in [2.05, 4.69) is 15.2 Å². The summed E-state index contributed by atoms with van der Waals surface area (Å²) in [6.45, 7) is 1.89. The highest BCUT2D eigenvalue weighted by molar-refractivity contribution is 7.20. The SMILES string of the molecule is Cc1cccc(-c2nnc(COC(=O)c3csc(-c4cccs4)n3)o2)c1. The van der Waals surface area contributed by atoms with Crippen molar-refractivity contribution >= 4 is 28.6 Å². The van der Waals surface area contributed by atoms with Gasteiger partial charge in [0.2, 0.25) is 5.89 Å². The highest BCUT2D eigenvalue weighted by Crippen LogP contribution is 2.28. The lowest BCUT2D eigenvalue weighted by Crippen LogP contribution is -2.05. The lowest BCUT2D eigenvalue weighted by molar-refractivity contribution is 0.0433. The molecule has 0 saturated heterocycles. The molecular formula is C18H13N3O3S2. The number of carbonyl (C=O) groups excluding carboxylic acids is 1. The maximum absolute atomic E-state index is 12.2. The van der Waals surface area contributed by atoms with Gasteiger partial charge in [0.1, 0.15) is 5.01 Å². The third-order valence-electron chi connectivity index (χ3n) is 3.50. The number of aryl methyl sites for hydroxylation is 1. The topological polar surface area (TPSA) is 78.1 Å². The molecule has 4 rings (SSSR count). The number of hydrogen-bond donors (Lipinski definition) is 0. The Hall–Kier alpha value is -2.84.